The lowest BCUT2D eigenvalue weighted by molar-refractivity contribution is -0.385. The van der Waals surface area contributed by atoms with E-state index in [0.717, 1.165) is 0 Å². The summed E-state index contributed by atoms with van der Waals surface area (Å²) in [5.41, 5.74) is 0.963. The van der Waals surface area contributed by atoms with Crippen molar-refractivity contribution in [1.29, 1.82) is 0 Å². The summed E-state index contributed by atoms with van der Waals surface area (Å²) in [5, 5.41) is 27.0. The van der Waals surface area contributed by atoms with Crippen molar-refractivity contribution in [3.05, 3.63) is 70.3 Å². The number of benzene rings is 2. The van der Waals surface area contributed by atoms with Crippen molar-refractivity contribution < 1.29 is 27.9 Å². The molecule has 2 aromatic carbocycles. The van der Waals surface area contributed by atoms with Gasteiger partial charge in [0, 0.05) is 29.8 Å². The van der Waals surface area contributed by atoms with Gasteiger partial charge in [-0.1, -0.05) is 44.2 Å². The van der Waals surface area contributed by atoms with Crippen LogP contribution in [0, 0.1) is 16.0 Å². The van der Waals surface area contributed by atoms with Crippen molar-refractivity contribution in [2.45, 2.75) is 32.8 Å². The van der Waals surface area contributed by atoms with Gasteiger partial charge < -0.3 is 20.5 Å². The van der Waals surface area contributed by atoms with Gasteiger partial charge in [0.05, 0.1) is 23.3 Å². The molecule has 0 unspecified atom stereocenters. The van der Waals surface area contributed by atoms with Crippen molar-refractivity contribution in [3.63, 3.8) is 0 Å². The summed E-state index contributed by atoms with van der Waals surface area (Å²) in [6.07, 6.45) is -4.85. The van der Waals surface area contributed by atoms with Gasteiger partial charge in [0.25, 0.3) is 5.69 Å². The molecule has 0 saturated heterocycles. The smallest absolute Gasteiger partial charge is 0.406 e. The highest BCUT2D eigenvalue weighted by molar-refractivity contribution is 5.66. The Morgan fingerprint density at radius 3 is 2.51 bits per heavy atom. The number of rotatable bonds is 10. The van der Waals surface area contributed by atoms with Crippen LogP contribution < -0.4 is 15.4 Å². The quantitative estimate of drug-likeness (QED) is 0.268. The van der Waals surface area contributed by atoms with Gasteiger partial charge in [-0.05, 0) is 18.1 Å². The third-order valence-electron chi connectivity index (χ3n) is 5.05. The number of halogens is 3. The highest BCUT2D eigenvalue weighted by Gasteiger charge is 2.31. The Morgan fingerprint density at radius 2 is 1.86 bits per heavy atom. The third-order valence-corrected chi connectivity index (χ3v) is 5.05. The van der Waals surface area contributed by atoms with Crippen LogP contribution in [0.4, 0.5) is 30.6 Å². The first-order chi connectivity index (χ1) is 16.6. The van der Waals surface area contributed by atoms with Crippen LogP contribution in [-0.4, -0.2) is 39.0 Å². The zero-order valence-electron chi connectivity index (χ0n) is 18.9. The molecule has 1 aromatic heterocycles. The van der Waals surface area contributed by atoms with E-state index >= 15 is 0 Å². The molecule has 0 bridgehead atoms. The van der Waals surface area contributed by atoms with Gasteiger partial charge in [0.1, 0.15) is 11.6 Å². The number of nitro groups is 1. The van der Waals surface area contributed by atoms with Crippen molar-refractivity contribution in [1.82, 2.24) is 9.97 Å². The van der Waals surface area contributed by atoms with Crippen molar-refractivity contribution in [3.8, 4) is 17.0 Å². The second-order valence-corrected chi connectivity index (χ2v) is 7.95. The molecule has 1 atom stereocenters. The third kappa shape index (κ3) is 7.27. The van der Waals surface area contributed by atoms with Gasteiger partial charge in [0.2, 0.25) is 5.95 Å². The number of anilines is 2. The molecule has 0 aliphatic rings. The molecule has 0 radical (unpaired) electrons. The number of aromatic nitrogens is 2. The van der Waals surface area contributed by atoms with E-state index in [4.69, 9.17) is 0 Å². The van der Waals surface area contributed by atoms with Crippen molar-refractivity contribution in [2.75, 3.05) is 17.2 Å². The van der Waals surface area contributed by atoms with Crippen LogP contribution in [0.3, 0.4) is 0 Å². The molecular weight excluding hydrogens is 467 g/mol. The highest BCUT2D eigenvalue weighted by atomic mass is 19.4. The van der Waals surface area contributed by atoms with Gasteiger partial charge in [-0.15, -0.1) is 13.2 Å². The Hall–Kier alpha value is -3.93. The number of nitrogens with zero attached hydrogens (tertiary/aromatic N) is 3. The Kier molecular flexibility index (Phi) is 8.07. The minimum Gasteiger partial charge on any atom is -0.406 e. The molecule has 3 N–H and O–H groups in total. The molecule has 3 rings (SSSR count). The number of alkyl halides is 3. The Morgan fingerprint density at radius 1 is 1.11 bits per heavy atom. The monoisotopic (exact) mass is 491 g/mol. The van der Waals surface area contributed by atoms with Crippen LogP contribution in [0.25, 0.3) is 11.3 Å². The second kappa shape index (κ2) is 11.0. The summed E-state index contributed by atoms with van der Waals surface area (Å²) in [7, 11) is 0. The van der Waals surface area contributed by atoms with Crippen LogP contribution in [0.1, 0.15) is 19.4 Å². The number of hydrogen-bond donors (Lipinski definition) is 3. The summed E-state index contributed by atoms with van der Waals surface area (Å²) in [6.45, 7) is 3.66. The zero-order chi connectivity index (χ0) is 25.6. The standard InChI is InChI=1S/C23H24F3N5O4/c1-14(2)19(13-32)29-22-28-18(15-7-5-8-17(10-15)35-23(24,25)26)11-21(30-22)27-12-16-6-3-4-9-20(16)31(33)34/h3-11,14,19,32H,12-13H2,1-2H3,(H2,27,28,29,30)/t19-/m1/s1. The molecule has 35 heavy (non-hydrogen) atoms. The van der Waals surface area contributed by atoms with Crippen LogP contribution in [0.15, 0.2) is 54.6 Å². The largest absolute Gasteiger partial charge is 0.573 e. The maximum Gasteiger partial charge on any atom is 0.573 e. The predicted molar refractivity (Wildman–Crippen MR) is 124 cm³/mol. The molecule has 12 heteroatoms. The first-order valence-corrected chi connectivity index (χ1v) is 10.6. The fourth-order valence-electron chi connectivity index (χ4n) is 3.22. The summed E-state index contributed by atoms with van der Waals surface area (Å²) >= 11 is 0. The Bertz CT molecular complexity index is 1170. The molecule has 186 valence electrons. The van der Waals surface area contributed by atoms with Gasteiger partial charge in [0.15, 0.2) is 0 Å². The molecule has 3 aromatic rings. The molecule has 0 saturated carbocycles. The molecule has 0 amide bonds. The van der Waals surface area contributed by atoms with E-state index in [0.29, 0.717) is 11.1 Å². The maximum atomic E-state index is 12.7. The van der Waals surface area contributed by atoms with E-state index in [1.54, 1.807) is 24.3 Å². The summed E-state index contributed by atoms with van der Waals surface area (Å²) in [4.78, 5) is 19.6. The van der Waals surface area contributed by atoms with Gasteiger partial charge in [-0.2, -0.15) is 4.98 Å². The molecule has 0 aliphatic carbocycles. The molecule has 0 fully saturated rings. The van der Waals surface area contributed by atoms with E-state index < -0.39 is 17.0 Å². The van der Waals surface area contributed by atoms with Crippen LogP contribution in [-0.2, 0) is 6.54 Å². The highest BCUT2D eigenvalue weighted by Crippen LogP contribution is 2.29. The van der Waals surface area contributed by atoms with Crippen LogP contribution >= 0.6 is 0 Å². The molecule has 0 spiro atoms. The number of ether oxygens (including phenoxy) is 1. The average Bonchev–Trinajstić information content (AvgIpc) is 2.80. The Labute approximate surface area is 199 Å². The predicted octanol–water partition coefficient (Wildman–Crippen LogP) is 4.99. The SMILES string of the molecule is CC(C)[C@@H](CO)Nc1nc(NCc2ccccc2[N+](=O)[O-])cc(-c2cccc(OC(F)(F)F)c2)n1. The lowest BCUT2D eigenvalue weighted by Gasteiger charge is -2.21. The lowest BCUT2D eigenvalue weighted by atomic mass is 10.1. The number of para-hydroxylation sites is 1. The first kappa shape index (κ1) is 25.7. The van der Waals surface area contributed by atoms with E-state index in [-0.39, 0.29) is 48.3 Å². The number of aliphatic hydroxyl groups is 1. The summed E-state index contributed by atoms with van der Waals surface area (Å²) in [6, 6.07) is 12.7. The maximum absolute atomic E-state index is 12.7. The average molecular weight is 491 g/mol. The topological polar surface area (TPSA) is 122 Å². The minimum absolute atomic E-state index is 0.0270. The van der Waals surface area contributed by atoms with Crippen LogP contribution in [0.2, 0.25) is 0 Å². The molecular formula is C23H24F3N5O4. The lowest BCUT2D eigenvalue weighted by Crippen LogP contribution is -2.30. The fourth-order valence-corrected chi connectivity index (χ4v) is 3.22. The van der Waals surface area contributed by atoms with E-state index in [1.807, 2.05) is 13.8 Å². The normalized spacial score (nSPS) is 12.3. The van der Waals surface area contributed by atoms with Gasteiger partial charge in [-0.25, -0.2) is 4.98 Å². The van der Waals surface area contributed by atoms with Crippen LogP contribution in [0.5, 0.6) is 5.75 Å². The molecule has 9 nitrogen and oxygen atoms in total. The van der Waals surface area contributed by atoms with E-state index in [2.05, 4.69) is 25.3 Å². The minimum atomic E-state index is -4.85. The number of aliphatic hydroxyl groups excluding tert-OH is 1. The van der Waals surface area contributed by atoms with Gasteiger partial charge in [-0.3, -0.25) is 10.1 Å². The number of nitro benzene ring substituents is 1. The van der Waals surface area contributed by atoms with E-state index in [1.165, 1.54) is 30.3 Å². The molecule has 1 heterocycles. The number of hydrogen-bond acceptors (Lipinski definition) is 8. The second-order valence-electron chi connectivity index (χ2n) is 7.95. The van der Waals surface area contributed by atoms with Gasteiger partial charge >= 0.3 is 6.36 Å². The summed E-state index contributed by atoms with van der Waals surface area (Å²) in [5.74, 6) is 0.0211. The van der Waals surface area contributed by atoms with Crippen molar-refractivity contribution >= 4 is 17.5 Å². The summed E-state index contributed by atoms with van der Waals surface area (Å²) < 4.78 is 42.0. The molecule has 0 aliphatic heterocycles. The first-order valence-electron chi connectivity index (χ1n) is 10.6. The Balaban J connectivity index is 1.96. The fraction of sp³-hybridized carbons (Fsp3) is 0.304. The zero-order valence-corrected chi connectivity index (χ0v) is 18.9. The van der Waals surface area contributed by atoms with Crippen molar-refractivity contribution in [2.24, 2.45) is 5.92 Å². The van der Waals surface area contributed by atoms with E-state index in [9.17, 15) is 28.4 Å². The number of nitrogens with one attached hydrogen (secondary N) is 2.